The normalized spacial score (nSPS) is 18.7. The number of hydrogen-bond donors (Lipinski definition) is 3. The van der Waals surface area contributed by atoms with Crippen LogP contribution in [0.25, 0.3) is 10.9 Å². The summed E-state index contributed by atoms with van der Waals surface area (Å²) in [6, 6.07) is 7.56. The van der Waals surface area contributed by atoms with Gasteiger partial charge in [-0.25, -0.2) is 21.5 Å². The quantitative estimate of drug-likeness (QED) is 0.271. The molecule has 1 atom stereocenters. The topological polar surface area (TPSA) is 124 Å². The molecule has 12 heteroatoms. The summed E-state index contributed by atoms with van der Waals surface area (Å²) in [5.74, 6) is -2.20. The number of rotatable bonds is 15. The van der Waals surface area contributed by atoms with Gasteiger partial charge in [-0.2, -0.15) is 0 Å². The molecular weight excluding hydrogens is 554 g/mol. The number of aromatic nitrogens is 1. The Morgan fingerprint density at radius 2 is 1.80 bits per heavy atom. The number of halogens is 2. The van der Waals surface area contributed by atoms with Crippen molar-refractivity contribution in [3.63, 3.8) is 0 Å². The number of alkyl halides is 2. The van der Waals surface area contributed by atoms with Gasteiger partial charge in [0.25, 0.3) is 5.91 Å². The van der Waals surface area contributed by atoms with Crippen molar-refractivity contribution >= 4 is 32.7 Å². The second kappa shape index (κ2) is 13.3. The van der Waals surface area contributed by atoms with Crippen molar-refractivity contribution in [1.29, 1.82) is 0 Å². The van der Waals surface area contributed by atoms with Gasteiger partial charge in [0.15, 0.2) is 0 Å². The Labute approximate surface area is 240 Å². The number of amidine groups is 1. The predicted octanol–water partition coefficient (Wildman–Crippen LogP) is 3.62. The van der Waals surface area contributed by atoms with E-state index in [0.29, 0.717) is 37.9 Å². The van der Waals surface area contributed by atoms with Crippen molar-refractivity contribution < 1.29 is 32.2 Å². The summed E-state index contributed by atoms with van der Waals surface area (Å²) in [6.07, 6.45) is 6.29. The first-order valence-corrected chi connectivity index (χ1v) is 16.1. The highest BCUT2D eigenvalue weighted by Gasteiger charge is 2.47. The van der Waals surface area contributed by atoms with Crippen LogP contribution in [0, 0.1) is 0 Å². The van der Waals surface area contributed by atoms with E-state index in [9.17, 15) is 27.1 Å². The van der Waals surface area contributed by atoms with Crippen LogP contribution >= 0.6 is 0 Å². The first kappa shape index (κ1) is 31.5. The summed E-state index contributed by atoms with van der Waals surface area (Å²) in [4.78, 5) is 17.5. The van der Waals surface area contributed by atoms with E-state index in [1.807, 2.05) is 35.0 Å². The predicted molar refractivity (Wildman–Crippen MR) is 155 cm³/mol. The third kappa shape index (κ3) is 8.12. The first-order valence-electron chi connectivity index (χ1n) is 14.5. The van der Waals surface area contributed by atoms with Gasteiger partial charge < -0.3 is 20.1 Å². The van der Waals surface area contributed by atoms with Crippen LogP contribution in [-0.4, -0.2) is 82.3 Å². The van der Waals surface area contributed by atoms with Crippen LogP contribution in [0.4, 0.5) is 8.78 Å². The van der Waals surface area contributed by atoms with Crippen molar-refractivity contribution in [2.24, 2.45) is 4.99 Å². The number of unbranched alkanes of at least 4 members (excludes halogenated alkanes) is 4. The van der Waals surface area contributed by atoms with Crippen molar-refractivity contribution in [2.75, 3.05) is 25.4 Å². The number of amides is 1. The van der Waals surface area contributed by atoms with Crippen LogP contribution in [-0.2, 0) is 27.8 Å². The number of carbonyl (C=O) groups is 1. The molecule has 1 aromatic carbocycles. The van der Waals surface area contributed by atoms with Crippen LogP contribution in [0.2, 0.25) is 0 Å². The Hall–Kier alpha value is -2.41. The summed E-state index contributed by atoms with van der Waals surface area (Å²) in [5.41, 5.74) is 0.848. The lowest BCUT2D eigenvalue weighted by molar-refractivity contribution is -0.124. The molecule has 1 spiro atoms. The molecule has 9 nitrogen and oxygen atoms in total. The Bertz CT molecular complexity index is 1330. The second-order valence-corrected chi connectivity index (χ2v) is 13.6. The standard InChI is InChI=1S/C29H42F2N4O5S/c1-28(30,31)13-6-4-2-3-5-10-26-32-27(38)29(33-26)14-17-35(18-15-29)41(39,40)19-12-22-8-7-9-25-24(22)11-16-34(25)20-23(37)21-36/h7-9,11,16,23,36-37H,2-6,10,12-15,17-21H2,1H3,(H,32,33,38)/t23-/m0/s1. The maximum absolute atomic E-state index is 13.2. The van der Waals surface area contributed by atoms with E-state index in [1.165, 1.54) is 4.31 Å². The molecule has 1 fully saturated rings. The molecule has 2 aliphatic rings. The van der Waals surface area contributed by atoms with Gasteiger partial charge in [0.2, 0.25) is 15.9 Å². The number of piperidine rings is 1. The highest BCUT2D eigenvalue weighted by atomic mass is 32.2. The molecule has 228 valence electrons. The van der Waals surface area contributed by atoms with Crippen LogP contribution in [0.5, 0.6) is 0 Å². The van der Waals surface area contributed by atoms with Crippen molar-refractivity contribution in [3.05, 3.63) is 36.0 Å². The van der Waals surface area contributed by atoms with E-state index < -0.39 is 27.6 Å². The zero-order valence-corrected chi connectivity index (χ0v) is 24.5. The fraction of sp³-hybridized carbons (Fsp3) is 0.655. The van der Waals surface area contributed by atoms with Crippen LogP contribution in [0.3, 0.4) is 0 Å². The molecule has 4 rings (SSSR count). The van der Waals surface area contributed by atoms with Gasteiger partial charge >= 0.3 is 0 Å². The molecule has 1 amide bonds. The first-order chi connectivity index (χ1) is 19.4. The minimum Gasteiger partial charge on any atom is -0.394 e. The summed E-state index contributed by atoms with van der Waals surface area (Å²) in [6.45, 7) is 1.32. The number of aryl methyl sites for hydroxylation is 1. The SMILES string of the molecule is CC(F)(F)CCCCCCCC1=NC2(CCN(S(=O)(=O)CCc3cccc4c3ccn4C[C@H](O)CO)CC2)C(=O)N1. The lowest BCUT2D eigenvalue weighted by Gasteiger charge is -2.34. The molecule has 0 radical (unpaired) electrons. The van der Waals surface area contributed by atoms with E-state index >= 15 is 0 Å². The van der Waals surface area contributed by atoms with Crippen molar-refractivity contribution in [2.45, 2.75) is 95.2 Å². The monoisotopic (exact) mass is 596 g/mol. The Morgan fingerprint density at radius 3 is 2.51 bits per heavy atom. The van der Waals surface area contributed by atoms with Gasteiger partial charge in [-0.05, 0) is 56.7 Å². The number of benzene rings is 1. The minimum absolute atomic E-state index is 0.0554. The molecule has 2 aliphatic heterocycles. The largest absolute Gasteiger partial charge is 0.394 e. The molecule has 1 saturated heterocycles. The van der Waals surface area contributed by atoms with E-state index in [4.69, 9.17) is 10.1 Å². The Morgan fingerprint density at radius 1 is 1.10 bits per heavy atom. The smallest absolute Gasteiger partial charge is 0.253 e. The fourth-order valence-electron chi connectivity index (χ4n) is 5.75. The van der Waals surface area contributed by atoms with E-state index in [0.717, 1.165) is 49.1 Å². The number of hydrogen-bond acceptors (Lipinski definition) is 6. The van der Waals surface area contributed by atoms with Gasteiger partial charge in [0.1, 0.15) is 11.4 Å². The summed E-state index contributed by atoms with van der Waals surface area (Å²) < 4.78 is 55.5. The maximum atomic E-state index is 13.2. The molecule has 0 unspecified atom stereocenters. The summed E-state index contributed by atoms with van der Waals surface area (Å²) in [7, 11) is -3.55. The minimum atomic E-state index is -3.55. The molecule has 0 saturated carbocycles. The molecule has 2 aromatic rings. The number of nitrogens with one attached hydrogen (secondary N) is 1. The third-order valence-electron chi connectivity index (χ3n) is 8.15. The van der Waals surface area contributed by atoms with Crippen LogP contribution in [0.1, 0.15) is 70.3 Å². The molecule has 0 aliphatic carbocycles. The van der Waals surface area contributed by atoms with Crippen molar-refractivity contribution in [1.82, 2.24) is 14.2 Å². The number of aliphatic imine (C=N–C) groups is 1. The average molecular weight is 597 g/mol. The number of aliphatic hydroxyl groups excluding tert-OH is 2. The second-order valence-electron chi connectivity index (χ2n) is 11.5. The molecule has 41 heavy (non-hydrogen) atoms. The third-order valence-corrected chi connectivity index (χ3v) is 10.0. The zero-order chi connectivity index (χ0) is 29.7. The van der Waals surface area contributed by atoms with Gasteiger partial charge in [-0.1, -0.05) is 31.4 Å². The van der Waals surface area contributed by atoms with Crippen molar-refractivity contribution in [3.8, 4) is 0 Å². The summed E-state index contributed by atoms with van der Waals surface area (Å²) in [5, 5.41) is 22.8. The highest BCUT2D eigenvalue weighted by molar-refractivity contribution is 7.89. The van der Waals surface area contributed by atoms with E-state index in [1.54, 1.807) is 0 Å². The van der Waals surface area contributed by atoms with Gasteiger partial charge in [-0.3, -0.25) is 9.79 Å². The Kier molecular flexibility index (Phi) is 10.2. The molecular formula is C29H42F2N4O5S. The van der Waals surface area contributed by atoms with Gasteiger partial charge in [0, 0.05) is 43.0 Å². The lowest BCUT2D eigenvalue weighted by atomic mass is 9.89. The lowest BCUT2D eigenvalue weighted by Crippen LogP contribution is -2.50. The van der Waals surface area contributed by atoms with E-state index in [-0.39, 0.29) is 44.3 Å². The van der Waals surface area contributed by atoms with Gasteiger partial charge in [0.05, 0.1) is 25.0 Å². The number of fused-ring (bicyclic) bond motifs is 1. The zero-order valence-electron chi connectivity index (χ0n) is 23.7. The fourth-order valence-corrected chi connectivity index (χ4v) is 7.23. The molecule has 0 bridgehead atoms. The number of carbonyl (C=O) groups excluding carboxylic acids is 1. The molecule has 3 heterocycles. The van der Waals surface area contributed by atoms with Crippen LogP contribution < -0.4 is 5.32 Å². The number of nitrogens with zero attached hydrogens (tertiary/aromatic N) is 3. The molecule has 3 N–H and O–H groups in total. The van der Waals surface area contributed by atoms with E-state index in [2.05, 4.69) is 5.32 Å². The molecule has 1 aromatic heterocycles. The van der Waals surface area contributed by atoms with Crippen LogP contribution in [0.15, 0.2) is 35.5 Å². The Balaban J connectivity index is 1.26. The highest BCUT2D eigenvalue weighted by Crippen LogP contribution is 2.32. The number of aliphatic hydroxyl groups is 2. The average Bonchev–Trinajstić information content (AvgIpc) is 3.47. The van der Waals surface area contributed by atoms with Gasteiger partial charge in [-0.15, -0.1) is 0 Å². The summed E-state index contributed by atoms with van der Waals surface area (Å²) >= 11 is 0. The maximum Gasteiger partial charge on any atom is 0.253 e. The number of sulfonamides is 1.